The number of hydrogen-bond acceptors (Lipinski definition) is 6. The molecule has 2 heterocycles. The Morgan fingerprint density at radius 1 is 1.09 bits per heavy atom. The molecule has 2 aromatic heterocycles. The Labute approximate surface area is 200 Å². The molecule has 170 valence electrons. The molecule has 0 amide bonds. The molecule has 11 heteroatoms. The Hall–Kier alpha value is -3.14. The molecule has 8 nitrogen and oxygen atoms in total. The maximum absolute atomic E-state index is 13.4. The lowest BCUT2D eigenvalue weighted by atomic mass is 10.0. The van der Waals surface area contributed by atoms with Crippen molar-refractivity contribution in [1.82, 2.24) is 14.5 Å². The van der Waals surface area contributed by atoms with Gasteiger partial charge in [-0.05, 0) is 44.2 Å². The summed E-state index contributed by atoms with van der Waals surface area (Å²) in [6.45, 7) is 3.92. The normalized spacial score (nSPS) is 11.8. The summed E-state index contributed by atoms with van der Waals surface area (Å²) >= 11 is 11.9. The van der Waals surface area contributed by atoms with E-state index in [0.29, 0.717) is 16.6 Å². The van der Waals surface area contributed by atoms with Gasteiger partial charge >= 0.3 is 0 Å². The van der Waals surface area contributed by atoms with Crippen LogP contribution in [0.4, 0.5) is 11.5 Å². The highest BCUT2D eigenvalue weighted by Crippen LogP contribution is 2.29. The van der Waals surface area contributed by atoms with Crippen molar-refractivity contribution < 1.29 is 13.2 Å². The van der Waals surface area contributed by atoms with Gasteiger partial charge in [-0.15, -0.1) is 0 Å². The summed E-state index contributed by atoms with van der Waals surface area (Å²) in [5.41, 5.74) is 7.41. The first-order valence-corrected chi connectivity index (χ1v) is 12.1. The third-order valence-corrected chi connectivity index (χ3v) is 6.76. The third-order valence-electron chi connectivity index (χ3n) is 4.96. The Bertz CT molecular complexity index is 1480. The molecule has 0 unspecified atom stereocenters. The number of nitrogens with one attached hydrogen (secondary N) is 1. The zero-order chi connectivity index (χ0) is 23.9. The molecule has 0 saturated heterocycles. The number of rotatable bonds is 6. The van der Waals surface area contributed by atoms with E-state index in [1.165, 1.54) is 36.7 Å². The predicted octanol–water partition coefficient (Wildman–Crippen LogP) is 4.93. The van der Waals surface area contributed by atoms with Crippen LogP contribution in [0, 0.1) is 0 Å². The average Bonchev–Trinajstić information content (AvgIpc) is 3.14. The number of carbonyl (C=O) groups excluding carboxylic acids is 1. The number of aromatic nitrogens is 3. The van der Waals surface area contributed by atoms with Crippen LogP contribution in [0.25, 0.3) is 11.0 Å². The molecule has 0 radical (unpaired) electrons. The predicted molar refractivity (Wildman–Crippen MR) is 129 cm³/mol. The molecule has 3 N–H and O–H groups in total. The van der Waals surface area contributed by atoms with Crippen LogP contribution in [-0.4, -0.2) is 28.7 Å². The second kappa shape index (κ2) is 8.66. The molecule has 0 spiro atoms. The van der Waals surface area contributed by atoms with E-state index in [-0.39, 0.29) is 43.8 Å². The Morgan fingerprint density at radius 3 is 2.45 bits per heavy atom. The first kappa shape index (κ1) is 23.0. The zero-order valence-corrected chi connectivity index (χ0v) is 19.9. The molecule has 4 aromatic rings. The van der Waals surface area contributed by atoms with E-state index >= 15 is 0 Å². The number of nitrogens with two attached hydrogens (primary N) is 1. The number of benzene rings is 2. The molecule has 4 rings (SSSR count). The molecular formula is C22H19Cl2N5O3S. The fraction of sp³-hybridized carbons (Fsp3) is 0.136. The van der Waals surface area contributed by atoms with E-state index in [9.17, 15) is 13.2 Å². The quantitative estimate of drug-likeness (QED) is 0.359. The summed E-state index contributed by atoms with van der Waals surface area (Å²) in [7, 11) is -3.99. The number of hydrogen-bond donors (Lipinski definition) is 2. The van der Waals surface area contributed by atoms with Gasteiger partial charge in [0, 0.05) is 33.5 Å². The lowest BCUT2D eigenvalue weighted by Crippen LogP contribution is -2.13. The molecule has 2 aromatic carbocycles. The lowest BCUT2D eigenvalue weighted by molar-refractivity contribution is 0.104. The number of ketones is 1. The zero-order valence-electron chi connectivity index (χ0n) is 17.6. The van der Waals surface area contributed by atoms with E-state index < -0.39 is 10.0 Å². The minimum atomic E-state index is -3.99. The van der Waals surface area contributed by atoms with Crippen LogP contribution in [0.2, 0.25) is 10.0 Å². The molecule has 0 aliphatic carbocycles. The highest BCUT2D eigenvalue weighted by molar-refractivity contribution is 7.92. The molecule has 0 atom stereocenters. The SMILES string of the molecule is CC(C)n1cc(C(=O)c2cccc(NS(=O)(=O)c3cc(Cl)cc(Cl)c3)c2)c2c(N)ncnc21. The van der Waals surface area contributed by atoms with Gasteiger partial charge in [0.15, 0.2) is 5.78 Å². The standard InChI is InChI=1S/C22H19Cl2N5O3S/c1-12(2)29-10-18(19-21(25)26-11-27-22(19)29)20(30)13-4-3-5-16(6-13)28-33(31,32)17-8-14(23)7-15(24)9-17/h3-12,28H,1-2H3,(H2,25,26,27). The Kier molecular flexibility index (Phi) is 6.04. The number of sulfonamides is 1. The van der Waals surface area contributed by atoms with Crippen LogP contribution in [-0.2, 0) is 10.0 Å². The second-order valence-corrected chi connectivity index (χ2v) is 10.2. The van der Waals surface area contributed by atoms with Gasteiger partial charge in [-0.25, -0.2) is 18.4 Å². The van der Waals surface area contributed by atoms with Gasteiger partial charge in [0.2, 0.25) is 0 Å². The third kappa shape index (κ3) is 4.52. The minimum absolute atomic E-state index is 0.0333. The van der Waals surface area contributed by atoms with Crippen molar-refractivity contribution >= 4 is 61.5 Å². The molecular weight excluding hydrogens is 485 g/mol. The Morgan fingerprint density at radius 2 is 1.79 bits per heavy atom. The summed E-state index contributed by atoms with van der Waals surface area (Å²) < 4.78 is 29.9. The summed E-state index contributed by atoms with van der Waals surface area (Å²) in [4.78, 5) is 21.6. The van der Waals surface area contributed by atoms with E-state index in [1.807, 2.05) is 18.4 Å². The number of carbonyl (C=O) groups is 1. The van der Waals surface area contributed by atoms with Crippen LogP contribution in [0.3, 0.4) is 0 Å². The maximum atomic E-state index is 13.4. The fourth-order valence-corrected chi connectivity index (χ4v) is 5.23. The van der Waals surface area contributed by atoms with Crippen LogP contribution < -0.4 is 10.5 Å². The molecule has 33 heavy (non-hydrogen) atoms. The molecule has 0 fully saturated rings. The summed E-state index contributed by atoms with van der Waals surface area (Å²) in [6.07, 6.45) is 3.04. The van der Waals surface area contributed by atoms with Crippen molar-refractivity contribution in [2.24, 2.45) is 0 Å². The summed E-state index contributed by atoms with van der Waals surface area (Å²) in [5.74, 6) is -0.148. The summed E-state index contributed by atoms with van der Waals surface area (Å²) in [6, 6.07) is 10.2. The average molecular weight is 504 g/mol. The van der Waals surface area contributed by atoms with Crippen LogP contribution in [0.1, 0.15) is 35.8 Å². The number of nitrogens with zero attached hydrogens (tertiary/aromatic N) is 3. The van der Waals surface area contributed by atoms with Gasteiger partial charge in [-0.1, -0.05) is 35.3 Å². The van der Waals surface area contributed by atoms with Crippen LogP contribution >= 0.6 is 23.2 Å². The number of nitrogen functional groups attached to an aromatic ring is 1. The van der Waals surface area contributed by atoms with Crippen molar-refractivity contribution in [3.05, 3.63) is 76.2 Å². The van der Waals surface area contributed by atoms with Crippen LogP contribution in [0.5, 0.6) is 0 Å². The van der Waals surface area contributed by atoms with Crippen molar-refractivity contribution in [1.29, 1.82) is 0 Å². The number of anilines is 2. The maximum Gasteiger partial charge on any atom is 0.261 e. The van der Waals surface area contributed by atoms with Crippen molar-refractivity contribution in [2.45, 2.75) is 24.8 Å². The molecule has 0 saturated carbocycles. The fourth-order valence-electron chi connectivity index (χ4n) is 3.45. The van der Waals surface area contributed by atoms with Gasteiger partial charge in [0.05, 0.1) is 15.8 Å². The first-order valence-electron chi connectivity index (χ1n) is 9.81. The van der Waals surface area contributed by atoms with E-state index in [2.05, 4.69) is 14.7 Å². The van der Waals surface area contributed by atoms with Crippen molar-refractivity contribution in [2.75, 3.05) is 10.5 Å². The van der Waals surface area contributed by atoms with E-state index in [4.69, 9.17) is 28.9 Å². The van der Waals surface area contributed by atoms with E-state index in [1.54, 1.807) is 18.3 Å². The Balaban J connectivity index is 1.72. The van der Waals surface area contributed by atoms with Gasteiger partial charge in [-0.2, -0.15) is 0 Å². The van der Waals surface area contributed by atoms with Crippen molar-refractivity contribution in [3.63, 3.8) is 0 Å². The number of fused-ring (bicyclic) bond motifs is 1. The minimum Gasteiger partial charge on any atom is -0.383 e. The topological polar surface area (TPSA) is 120 Å². The smallest absolute Gasteiger partial charge is 0.261 e. The van der Waals surface area contributed by atoms with Crippen LogP contribution in [0.15, 0.2) is 59.9 Å². The highest BCUT2D eigenvalue weighted by Gasteiger charge is 2.22. The first-order chi connectivity index (χ1) is 15.6. The van der Waals surface area contributed by atoms with Gasteiger partial charge < -0.3 is 10.3 Å². The van der Waals surface area contributed by atoms with Crippen molar-refractivity contribution in [3.8, 4) is 0 Å². The molecule has 0 aliphatic rings. The van der Waals surface area contributed by atoms with Gasteiger partial charge in [-0.3, -0.25) is 9.52 Å². The largest absolute Gasteiger partial charge is 0.383 e. The lowest BCUT2D eigenvalue weighted by Gasteiger charge is -2.10. The van der Waals surface area contributed by atoms with E-state index in [0.717, 1.165) is 0 Å². The molecule has 0 bridgehead atoms. The summed E-state index contributed by atoms with van der Waals surface area (Å²) in [5, 5.41) is 0.831. The molecule has 0 aliphatic heterocycles. The second-order valence-electron chi connectivity index (χ2n) is 7.62. The van der Waals surface area contributed by atoms with Gasteiger partial charge in [0.25, 0.3) is 10.0 Å². The number of halogens is 2. The van der Waals surface area contributed by atoms with Gasteiger partial charge in [0.1, 0.15) is 17.8 Å². The monoisotopic (exact) mass is 503 g/mol. The highest BCUT2D eigenvalue weighted by atomic mass is 35.5.